The minimum absolute atomic E-state index is 0.0845. The molecule has 1 rings (SSSR count). The molecule has 6 heteroatoms. The molecule has 1 aromatic carbocycles. The Bertz CT molecular complexity index is 450. The first-order valence-corrected chi connectivity index (χ1v) is 4.86. The predicted molar refractivity (Wildman–Crippen MR) is 57.2 cm³/mol. The normalized spacial score (nSPS) is 11.5. The van der Waals surface area contributed by atoms with E-state index in [0.29, 0.717) is 5.56 Å². The van der Waals surface area contributed by atoms with Gasteiger partial charge in [-0.3, -0.25) is 14.9 Å². The number of nitrogens with zero attached hydrogens (tertiary/aromatic N) is 2. The molecule has 0 aliphatic heterocycles. The van der Waals surface area contributed by atoms with E-state index < -0.39 is 16.6 Å². The maximum Gasteiger partial charge on any atom is 0.269 e. The second-order valence-electron chi connectivity index (χ2n) is 3.01. The van der Waals surface area contributed by atoms with Crippen LogP contribution >= 0.6 is 11.6 Å². The molecule has 0 heterocycles. The van der Waals surface area contributed by atoms with Crippen molar-refractivity contribution in [3.05, 3.63) is 39.9 Å². The molecule has 82 valence electrons. The number of nitro benzene ring substituents is 1. The van der Waals surface area contributed by atoms with Gasteiger partial charge in [-0.25, -0.2) is 0 Å². The fourth-order valence-corrected chi connectivity index (χ4v) is 1.35. The summed E-state index contributed by atoms with van der Waals surface area (Å²) in [6.07, 6.45) is 0. The van der Waals surface area contributed by atoms with Crippen molar-refractivity contribution in [1.29, 1.82) is 5.26 Å². The number of benzene rings is 1. The molecule has 1 unspecified atom stereocenters. The van der Waals surface area contributed by atoms with E-state index in [2.05, 4.69) is 0 Å². The lowest BCUT2D eigenvalue weighted by atomic mass is 9.97. The van der Waals surface area contributed by atoms with Gasteiger partial charge in [-0.1, -0.05) is 12.1 Å². The minimum Gasteiger partial charge on any atom is -0.296 e. The minimum atomic E-state index is -0.960. The Morgan fingerprint density at radius 3 is 2.44 bits per heavy atom. The SMILES string of the molecule is N#CC(C(=O)CCl)c1ccc([N+](=O)[O-])cc1. The first-order chi connectivity index (χ1) is 7.60. The summed E-state index contributed by atoms with van der Waals surface area (Å²) in [5.41, 5.74) is 0.331. The Balaban J connectivity index is 3.01. The highest BCUT2D eigenvalue weighted by Crippen LogP contribution is 2.20. The number of carbonyl (C=O) groups is 1. The number of Topliss-reactive ketones (excluding diaryl/α,β-unsaturated/α-hetero) is 1. The van der Waals surface area contributed by atoms with E-state index in [9.17, 15) is 14.9 Å². The fourth-order valence-electron chi connectivity index (χ4n) is 1.20. The highest BCUT2D eigenvalue weighted by Gasteiger charge is 2.19. The van der Waals surface area contributed by atoms with E-state index in [1.165, 1.54) is 24.3 Å². The molecule has 0 saturated heterocycles. The summed E-state index contributed by atoms with van der Waals surface area (Å²) >= 11 is 5.35. The van der Waals surface area contributed by atoms with E-state index in [1.807, 2.05) is 6.07 Å². The number of nitro groups is 1. The summed E-state index contributed by atoms with van der Waals surface area (Å²) in [5, 5.41) is 19.2. The summed E-state index contributed by atoms with van der Waals surface area (Å²) in [6, 6.07) is 7.09. The Kier molecular flexibility index (Phi) is 3.97. The topological polar surface area (TPSA) is 84.0 Å². The van der Waals surface area contributed by atoms with E-state index >= 15 is 0 Å². The molecular weight excluding hydrogens is 232 g/mol. The average Bonchev–Trinajstić information content (AvgIpc) is 2.30. The predicted octanol–water partition coefficient (Wildman–Crippen LogP) is 2.01. The first kappa shape index (κ1) is 12.1. The van der Waals surface area contributed by atoms with E-state index in [4.69, 9.17) is 16.9 Å². The van der Waals surface area contributed by atoms with Crippen LogP contribution in [0.4, 0.5) is 5.69 Å². The van der Waals surface area contributed by atoms with Gasteiger partial charge < -0.3 is 0 Å². The van der Waals surface area contributed by atoms with E-state index in [1.54, 1.807) is 0 Å². The Morgan fingerprint density at radius 1 is 1.50 bits per heavy atom. The summed E-state index contributed by atoms with van der Waals surface area (Å²) in [4.78, 5) is 21.1. The standard InChI is InChI=1S/C10H7ClN2O3/c11-5-10(14)9(6-12)7-1-3-8(4-2-7)13(15)16/h1-4,9H,5H2. The van der Waals surface area contributed by atoms with Crippen LogP contribution in [0, 0.1) is 21.4 Å². The summed E-state index contributed by atoms with van der Waals surface area (Å²) in [5.74, 6) is -1.63. The summed E-state index contributed by atoms with van der Waals surface area (Å²) in [7, 11) is 0. The molecular formula is C10H7ClN2O3. The van der Waals surface area contributed by atoms with Crippen LogP contribution in [-0.4, -0.2) is 16.6 Å². The third-order valence-corrected chi connectivity index (χ3v) is 2.28. The van der Waals surface area contributed by atoms with Crippen molar-refractivity contribution in [2.75, 3.05) is 5.88 Å². The van der Waals surface area contributed by atoms with Gasteiger partial charge >= 0.3 is 0 Å². The quantitative estimate of drug-likeness (QED) is 0.456. The van der Waals surface area contributed by atoms with Crippen LogP contribution in [0.5, 0.6) is 0 Å². The van der Waals surface area contributed by atoms with Crippen LogP contribution in [0.3, 0.4) is 0 Å². The van der Waals surface area contributed by atoms with Crippen LogP contribution in [0.15, 0.2) is 24.3 Å². The van der Waals surface area contributed by atoms with E-state index in [0.717, 1.165) is 0 Å². The molecule has 0 spiro atoms. The number of ketones is 1. The van der Waals surface area contributed by atoms with Crippen molar-refractivity contribution in [3.63, 3.8) is 0 Å². The maximum atomic E-state index is 11.3. The highest BCUT2D eigenvalue weighted by atomic mass is 35.5. The second kappa shape index (κ2) is 5.24. The van der Waals surface area contributed by atoms with Gasteiger partial charge in [0.2, 0.25) is 0 Å². The van der Waals surface area contributed by atoms with Gasteiger partial charge in [0.05, 0.1) is 16.9 Å². The molecule has 1 aromatic rings. The van der Waals surface area contributed by atoms with Crippen molar-refractivity contribution in [2.24, 2.45) is 0 Å². The number of hydrogen-bond donors (Lipinski definition) is 0. The molecule has 0 N–H and O–H groups in total. The number of carbonyl (C=O) groups excluding carboxylic acids is 1. The average molecular weight is 239 g/mol. The van der Waals surface area contributed by atoms with Crippen LogP contribution in [0.2, 0.25) is 0 Å². The molecule has 1 atom stereocenters. The third-order valence-electron chi connectivity index (χ3n) is 2.02. The highest BCUT2D eigenvalue weighted by molar-refractivity contribution is 6.28. The smallest absolute Gasteiger partial charge is 0.269 e. The molecule has 0 aliphatic rings. The monoisotopic (exact) mass is 238 g/mol. The van der Waals surface area contributed by atoms with Gasteiger partial charge in [-0.2, -0.15) is 5.26 Å². The zero-order chi connectivity index (χ0) is 12.1. The Hall–Kier alpha value is -1.93. The van der Waals surface area contributed by atoms with E-state index in [-0.39, 0.29) is 11.6 Å². The lowest BCUT2D eigenvalue weighted by Crippen LogP contribution is -2.11. The summed E-state index contributed by atoms with van der Waals surface area (Å²) < 4.78 is 0. The lowest BCUT2D eigenvalue weighted by Gasteiger charge is -2.05. The molecule has 0 aromatic heterocycles. The van der Waals surface area contributed by atoms with Gasteiger partial charge in [-0.05, 0) is 5.56 Å². The van der Waals surface area contributed by atoms with Gasteiger partial charge in [0, 0.05) is 12.1 Å². The number of halogens is 1. The molecule has 0 bridgehead atoms. The zero-order valence-electron chi connectivity index (χ0n) is 8.09. The fraction of sp³-hybridized carbons (Fsp3) is 0.200. The van der Waals surface area contributed by atoms with Gasteiger partial charge in [0.1, 0.15) is 5.92 Å². The molecule has 0 fully saturated rings. The molecule has 0 saturated carbocycles. The van der Waals surface area contributed by atoms with Crippen molar-refractivity contribution >= 4 is 23.1 Å². The number of nitriles is 1. The van der Waals surface area contributed by atoms with Crippen LogP contribution in [0.1, 0.15) is 11.5 Å². The van der Waals surface area contributed by atoms with Crippen LogP contribution in [-0.2, 0) is 4.79 Å². The molecule has 5 nitrogen and oxygen atoms in total. The maximum absolute atomic E-state index is 11.3. The lowest BCUT2D eigenvalue weighted by molar-refractivity contribution is -0.384. The molecule has 0 radical (unpaired) electrons. The number of alkyl halides is 1. The first-order valence-electron chi connectivity index (χ1n) is 4.32. The van der Waals surface area contributed by atoms with Crippen LogP contribution in [0.25, 0.3) is 0 Å². The zero-order valence-corrected chi connectivity index (χ0v) is 8.85. The molecule has 0 aliphatic carbocycles. The number of non-ortho nitro benzene ring substituents is 1. The van der Waals surface area contributed by atoms with Crippen molar-refractivity contribution in [3.8, 4) is 6.07 Å². The number of hydrogen-bond acceptors (Lipinski definition) is 4. The third kappa shape index (κ3) is 2.55. The molecule has 0 amide bonds. The van der Waals surface area contributed by atoms with Crippen molar-refractivity contribution in [1.82, 2.24) is 0 Å². The van der Waals surface area contributed by atoms with Gasteiger partial charge in [-0.15, -0.1) is 11.6 Å². The second-order valence-corrected chi connectivity index (χ2v) is 3.28. The Morgan fingerprint density at radius 2 is 2.06 bits per heavy atom. The van der Waals surface area contributed by atoms with Crippen molar-refractivity contribution in [2.45, 2.75) is 5.92 Å². The van der Waals surface area contributed by atoms with Crippen molar-refractivity contribution < 1.29 is 9.72 Å². The molecule has 16 heavy (non-hydrogen) atoms. The van der Waals surface area contributed by atoms with Gasteiger partial charge in [0.15, 0.2) is 5.78 Å². The largest absolute Gasteiger partial charge is 0.296 e. The Labute approximate surface area is 96.4 Å². The van der Waals surface area contributed by atoms with Gasteiger partial charge in [0.25, 0.3) is 5.69 Å². The van der Waals surface area contributed by atoms with Crippen LogP contribution < -0.4 is 0 Å². The summed E-state index contributed by atoms with van der Waals surface area (Å²) in [6.45, 7) is 0. The number of rotatable bonds is 4.